The summed E-state index contributed by atoms with van der Waals surface area (Å²) in [6.07, 6.45) is 2.91. The molecule has 0 bridgehead atoms. The fourth-order valence-electron chi connectivity index (χ4n) is 1.32. The number of hydrogen-bond donors (Lipinski definition) is 0. The van der Waals surface area contributed by atoms with Crippen molar-refractivity contribution in [2.24, 2.45) is 0 Å². The molecule has 1 heterocycles. The molecule has 78 valence electrons. The number of rotatable bonds is 3. The van der Waals surface area contributed by atoms with E-state index in [2.05, 4.69) is 9.97 Å². The number of carbonyl (C=O) groups excluding carboxylic acids is 2. The Labute approximate surface area is 92.0 Å². The van der Waals surface area contributed by atoms with E-state index in [4.69, 9.17) is 0 Å². The first kappa shape index (κ1) is 10.2. The maximum atomic E-state index is 10.5. The number of nitrogens with zero attached hydrogens (tertiary/aromatic N) is 2. The van der Waals surface area contributed by atoms with Crippen molar-refractivity contribution >= 4 is 12.6 Å². The predicted molar refractivity (Wildman–Crippen MR) is 58.2 cm³/mol. The van der Waals surface area contributed by atoms with Gasteiger partial charge in [-0.3, -0.25) is 9.59 Å². The molecule has 0 unspecified atom stereocenters. The lowest BCUT2D eigenvalue weighted by molar-refractivity contribution is 0.111. The summed E-state index contributed by atoms with van der Waals surface area (Å²) in [6.45, 7) is 0. The van der Waals surface area contributed by atoms with Crippen LogP contribution in [0.3, 0.4) is 0 Å². The quantitative estimate of drug-likeness (QED) is 0.727. The van der Waals surface area contributed by atoms with Crippen LogP contribution in [0.1, 0.15) is 21.0 Å². The van der Waals surface area contributed by atoms with Crippen LogP contribution in [0.2, 0.25) is 0 Å². The largest absolute Gasteiger partial charge is 0.298 e. The average Bonchev–Trinajstić information content (AvgIpc) is 2.39. The molecule has 0 spiro atoms. The summed E-state index contributed by atoms with van der Waals surface area (Å²) < 4.78 is 0. The summed E-state index contributed by atoms with van der Waals surface area (Å²) in [5, 5.41) is 0. The van der Waals surface area contributed by atoms with E-state index < -0.39 is 0 Å². The smallest absolute Gasteiger partial charge is 0.193 e. The summed E-state index contributed by atoms with van der Waals surface area (Å²) in [5.74, 6) is 0.150. The molecule has 0 amide bonds. The highest BCUT2D eigenvalue weighted by atomic mass is 16.1. The molecule has 4 nitrogen and oxygen atoms in total. The molecule has 4 heteroatoms. The van der Waals surface area contributed by atoms with Gasteiger partial charge in [0.1, 0.15) is 6.29 Å². The highest BCUT2D eigenvalue weighted by molar-refractivity contribution is 5.76. The van der Waals surface area contributed by atoms with E-state index in [0.717, 1.165) is 11.8 Å². The topological polar surface area (TPSA) is 59.9 Å². The highest BCUT2D eigenvalue weighted by Crippen LogP contribution is 2.16. The fraction of sp³-hybridized carbons (Fsp3) is 0. The van der Waals surface area contributed by atoms with Gasteiger partial charge in [-0.25, -0.2) is 9.97 Å². The third-order valence-corrected chi connectivity index (χ3v) is 2.12. The minimum Gasteiger partial charge on any atom is -0.298 e. The van der Waals surface area contributed by atoms with Crippen LogP contribution >= 0.6 is 0 Å². The molecule has 0 atom stereocenters. The van der Waals surface area contributed by atoms with Gasteiger partial charge in [0.25, 0.3) is 0 Å². The zero-order valence-electron chi connectivity index (χ0n) is 8.33. The van der Waals surface area contributed by atoms with Crippen LogP contribution in [0.15, 0.2) is 36.5 Å². The maximum Gasteiger partial charge on any atom is 0.193 e. The molecular weight excluding hydrogens is 204 g/mol. The van der Waals surface area contributed by atoms with Gasteiger partial charge in [-0.15, -0.1) is 0 Å². The number of aldehydes is 2. The first-order valence-electron chi connectivity index (χ1n) is 4.67. The van der Waals surface area contributed by atoms with Crippen molar-refractivity contribution in [2.45, 2.75) is 0 Å². The monoisotopic (exact) mass is 212 g/mol. The molecule has 0 aliphatic rings. The lowest BCUT2D eigenvalue weighted by Gasteiger charge is -2.00. The zero-order chi connectivity index (χ0) is 11.4. The van der Waals surface area contributed by atoms with Gasteiger partial charge < -0.3 is 0 Å². The Kier molecular flexibility index (Phi) is 2.82. The molecule has 16 heavy (non-hydrogen) atoms. The Morgan fingerprint density at radius 1 is 0.938 bits per heavy atom. The van der Waals surface area contributed by atoms with E-state index in [9.17, 15) is 9.59 Å². The lowest BCUT2D eigenvalue weighted by Crippen LogP contribution is -1.93. The van der Waals surface area contributed by atoms with E-state index in [-0.39, 0.29) is 5.82 Å². The summed E-state index contributed by atoms with van der Waals surface area (Å²) in [7, 11) is 0. The number of benzene rings is 1. The van der Waals surface area contributed by atoms with Crippen LogP contribution in [-0.4, -0.2) is 22.5 Å². The Bertz CT molecular complexity index is 521. The Balaban J connectivity index is 2.41. The second-order valence-corrected chi connectivity index (χ2v) is 3.16. The summed E-state index contributed by atoms with van der Waals surface area (Å²) in [4.78, 5) is 28.8. The van der Waals surface area contributed by atoms with Gasteiger partial charge in [0.2, 0.25) is 0 Å². The first-order chi connectivity index (χ1) is 7.83. The van der Waals surface area contributed by atoms with Crippen molar-refractivity contribution < 1.29 is 9.59 Å². The van der Waals surface area contributed by atoms with Gasteiger partial charge in [-0.1, -0.05) is 24.3 Å². The molecule has 0 fully saturated rings. The molecule has 1 aromatic carbocycles. The maximum absolute atomic E-state index is 10.5. The van der Waals surface area contributed by atoms with E-state index >= 15 is 0 Å². The van der Waals surface area contributed by atoms with Crippen molar-refractivity contribution in [1.29, 1.82) is 0 Å². The number of carbonyl (C=O) groups is 2. The third kappa shape index (κ3) is 2.00. The van der Waals surface area contributed by atoms with Gasteiger partial charge >= 0.3 is 0 Å². The molecule has 0 aliphatic carbocycles. The van der Waals surface area contributed by atoms with E-state index in [0.29, 0.717) is 17.5 Å². The van der Waals surface area contributed by atoms with Crippen molar-refractivity contribution in [3.8, 4) is 11.3 Å². The molecule has 0 saturated heterocycles. The van der Waals surface area contributed by atoms with Crippen LogP contribution in [0.5, 0.6) is 0 Å². The summed E-state index contributed by atoms with van der Waals surface area (Å²) in [5.41, 5.74) is 2.11. The van der Waals surface area contributed by atoms with Gasteiger partial charge in [-0.2, -0.15) is 0 Å². The Morgan fingerprint density at radius 2 is 1.69 bits per heavy atom. The normalized spacial score (nSPS) is 9.75. The summed E-state index contributed by atoms with van der Waals surface area (Å²) in [6, 6.07) is 8.67. The van der Waals surface area contributed by atoms with Gasteiger partial charge in [-0.05, 0) is 6.07 Å². The molecule has 0 radical (unpaired) electrons. The van der Waals surface area contributed by atoms with Crippen LogP contribution in [-0.2, 0) is 0 Å². The molecule has 0 N–H and O–H groups in total. The first-order valence-corrected chi connectivity index (χ1v) is 4.67. The molecule has 2 aromatic rings. The second kappa shape index (κ2) is 4.44. The standard InChI is InChI=1S/C12H8N2O2/c15-7-9-1-3-10(4-2-9)11-5-6-13-12(8-16)14-11/h1-8H. The third-order valence-electron chi connectivity index (χ3n) is 2.12. The zero-order valence-corrected chi connectivity index (χ0v) is 8.33. The minimum atomic E-state index is 0.150. The average molecular weight is 212 g/mol. The van der Waals surface area contributed by atoms with Gasteiger partial charge in [0.15, 0.2) is 12.1 Å². The second-order valence-electron chi connectivity index (χ2n) is 3.16. The van der Waals surface area contributed by atoms with Crippen molar-refractivity contribution in [1.82, 2.24) is 9.97 Å². The van der Waals surface area contributed by atoms with Crippen molar-refractivity contribution in [3.05, 3.63) is 47.9 Å². The van der Waals surface area contributed by atoms with Crippen LogP contribution < -0.4 is 0 Å². The van der Waals surface area contributed by atoms with E-state index in [1.165, 1.54) is 6.20 Å². The minimum absolute atomic E-state index is 0.150. The SMILES string of the molecule is O=Cc1ccc(-c2ccnc(C=O)n2)cc1. The van der Waals surface area contributed by atoms with Crippen molar-refractivity contribution in [3.63, 3.8) is 0 Å². The molecule has 0 saturated carbocycles. The van der Waals surface area contributed by atoms with Gasteiger partial charge in [0.05, 0.1) is 5.69 Å². The fourth-order valence-corrected chi connectivity index (χ4v) is 1.32. The van der Waals surface area contributed by atoms with Crippen LogP contribution in [0.25, 0.3) is 11.3 Å². The summed E-state index contributed by atoms with van der Waals surface area (Å²) >= 11 is 0. The molecule has 0 aliphatic heterocycles. The van der Waals surface area contributed by atoms with Crippen LogP contribution in [0.4, 0.5) is 0 Å². The molecule has 1 aromatic heterocycles. The van der Waals surface area contributed by atoms with Gasteiger partial charge in [0, 0.05) is 17.3 Å². The number of hydrogen-bond acceptors (Lipinski definition) is 4. The highest BCUT2D eigenvalue weighted by Gasteiger charge is 2.01. The Morgan fingerprint density at radius 3 is 2.31 bits per heavy atom. The van der Waals surface area contributed by atoms with E-state index in [1.54, 1.807) is 30.3 Å². The Hall–Kier alpha value is -2.36. The predicted octanol–water partition coefficient (Wildman–Crippen LogP) is 1.77. The molecular formula is C12H8N2O2. The van der Waals surface area contributed by atoms with Crippen LogP contribution in [0, 0.1) is 0 Å². The molecule has 2 rings (SSSR count). The van der Waals surface area contributed by atoms with Crippen molar-refractivity contribution in [2.75, 3.05) is 0 Å². The lowest BCUT2D eigenvalue weighted by atomic mass is 10.1. The van der Waals surface area contributed by atoms with E-state index in [1.807, 2.05) is 0 Å². The number of aromatic nitrogens is 2.